The van der Waals surface area contributed by atoms with Crippen molar-refractivity contribution >= 4 is 33.7 Å². The highest BCUT2D eigenvalue weighted by atomic mass is 35.5. The van der Waals surface area contributed by atoms with Crippen molar-refractivity contribution in [2.45, 2.75) is 19.1 Å². The average molecular weight is 449 g/mol. The topological polar surface area (TPSA) is 60.1 Å². The van der Waals surface area contributed by atoms with Gasteiger partial charge in [-0.15, -0.1) is 5.10 Å². The molecule has 1 aromatic heterocycles. The maximum absolute atomic E-state index is 11.8. The molecule has 3 aromatic rings. The Hall–Kier alpha value is -2.00. The molecule has 0 unspecified atom stereocenters. The summed E-state index contributed by atoms with van der Waals surface area (Å²) < 4.78 is 27.9. The van der Waals surface area contributed by atoms with Crippen molar-refractivity contribution in [2.75, 3.05) is 18.6 Å². The highest BCUT2D eigenvalue weighted by Crippen LogP contribution is 2.25. The van der Waals surface area contributed by atoms with E-state index in [2.05, 4.69) is 0 Å². The molecule has 0 saturated carbocycles. The molecule has 0 aliphatic carbocycles. The third-order valence-electron chi connectivity index (χ3n) is 5.14. The molecule has 1 aliphatic heterocycles. The van der Waals surface area contributed by atoms with Crippen LogP contribution in [-0.4, -0.2) is 52.3 Å². The number of benzene rings is 2. The Kier molecular flexibility index (Phi) is 5.61. The quantitative estimate of drug-likeness (QED) is 0.555. The first kappa shape index (κ1) is 20.3. The predicted octanol–water partition coefficient (Wildman–Crippen LogP) is 3.80. The second-order valence-electron chi connectivity index (χ2n) is 7.24. The van der Waals surface area contributed by atoms with Crippen LogP contribution in [0.15, 0.2) is 54.6 Å². The molecule has 2 heterocycles. The Labute approximate surface area is 180 Å². The van der Waals surface area contributed by atoms with Crippen LogP contribution in [0.25, 0.3) is 17.1 Å². The van der Waals surface area contributed by atoms with E-state index in [0.717, 1.165) is 11.3 Å². The Morgan fingerprint density at radius 1 is 1.17 bits per heavy atom. The molecule has 6 nitrogen and oxygen atoms in total. The van der Waals surface area contributed by atoms with E-state index in [1.165, 1.54) is 0 Å². The summed E-state index contributed by atoms with van der Waals surface area (Å²) in [5.41, 5.74) is 1.81. The molecule has 1 fully saturated rings. The summed E-state index contributed by atoms with van der Waals surface area (Å²) >= 11 is 11.8. The van der Waals surface area contributed by atoms with Crippen LogP contribution < -0.4 is 0 Å². The highest BCUT2D eigenvalue weighted by molar-refractivity contribution is 7.91. The van der Waals surface area contributed by atoms with Crippen LogP contribution in [0.2, 0.25) is 5.02 Å². The van der Waals surface area contributed by atoms with Crippen LogP contribution in [0.4, 0.5) is 0 Å². The van der Waals surface area contributed by atoms with Crippen molar-refractivity contribution in [1.29, 1.82) is 0 Å². The Morgan fingerprint density at radius 3 is 2.48 bits per heavy atom. The fraction of sp³-hybridized carbons (Fsp3) is 0.300. The van der Waals surface area contributed by atoms with Gasteiger partial charge in [0.2, 0.25) is 4.77 Å². The molecule has 0 N–H and O–H groups in total. The predicted molar refractivity (Wildman–Crippen MR) is 118 cm³/mol. The maximum Gasteiger partial charge on any atom is 0.204 e. The van der Waals surface area contributed by atoms with Gasteiger partial charge in [-0.05, 0) is 62.1 Å². The average Bonchev–Trinajstić information content (AvgIpc) is 3.23. The SMILES string of the molecule is CN(Cn1nc(-c2ccc(Cl)cc2)n(-c2ccccc2)c1=S)[C@H]1CCS(=O)(=O)C1. The normalized spacial score (nSPS) is 18.4. The van der Waals surface area contributed by atoms with Gasteiger partial charge in [0.15, 0.2) is 15.7 Å². The molecular weight excluding hydrogens is 428 g/mol. The second-order valence-corrected chi connectivity index (χ2v) is 10.3. The summed E-state index contributed by atoms with van der Waals surface area (Å²) in [6, 6.07) is 17.3. The molecular formula is C20H21ClN4O2S2. The minimum atomic E-state index is -2.95. The molecule has 152 valence electrons. The van der Waals surface area contributed by atoms with Crippen molar-refractivity contribution in [3.8, 4) is 17.1 Å². The van der Waals surface area contributed by atoms with Gasteiger partial charge in [-0.2, -0.15) is 0 Å². The lowest BCUT2D eigenvalue weighted by Crippen LogP contribution is -2.34. The fourth-order valence-electron chi connectivity index (χ4n) is 3.55. The minimum absolute atomic E-state index is 0.0252. The van der Waals surface area contributed by atoms with Crippen LogP contribution in [-0.2, 0) is 16.5 Å². The molecule has 1 atom stereocenters. The number of nitrogens with zero attached hydrogens (tertiary/aromatic N) is 4. The summed E-state index contributed by atoms with van der Waals surface area (Å²) in [7, 11) is -1.04. The molecule has 1 saturated heterocycles. The van der Waals surface area contributed by atoms with E-state index in [9.17, 15) is 8.42 Å². The monoisotopic (exact) mass is 448 g/mol. The van der Waals surface area contributed by atoms with Crippen LogP contribution in [0.5, 0.6) is 0 Å². The zero-order valence-electron chi connectivity index (χ0n) is 15.9. The number of hydrogen-bond acceptors (Lipinski definition) is 5. The molecule has 2 aromatic carbocycles. The smallest absolute Gasteiger partial charge is 0.204 e. The van der Waals surface area contributed by atoms with E-state index in [1.807, 2.05) is 71.1 Å². The van der Waals surface area contributed by atoms with Gasteiger partial charge in [-0.1, -0.05) is 29.8 Å². The zero-order chi connectivity index (χ0) is 20.6. The molecule has 0 bridgehead atoms. The number of sulfone groups is 1. The van der Waals surface area contributed by atoms with Gasteiger partial charge in [0.25, 0.3) is 0 Å². The maximum atomic E-state index is 11.8. The summed E-state index contributed by atoms with van der Waals surface area (Å²) in [6.45, 7) is 0.416. The first-order valence-electron chi connectivity index (χ1n) is 9.26. The third-order valence-corrected chi connectivity index (χ3v) is 7.54. The van der Waals surface area contributed by atoms with Crippen molar-refractivity contribution in [3.63, 3.8) is 0 Å². The van der Waals surface area contributed by atoms with Crippen molar-refractivity contribution in [2.24, 2.45) is 0 Å². The summed E-state index contributed by atoms with van der Waals surface area (Å²) in [4.78, 5) is 2.01. The van der Waals surface area contributed by atoms with Gasteiger partial charge in [0.05, 0.1) is 18.2 Å². The molecule has 9 heteroatoms. The second kappa shape index (κ2) is 8.02. The fourth-order valence-corrected chi connectivity index (χ4v) is 5.77. The molecule has 0 amide bonds. The lowest BCUT2D eigenvalue weighted by atomic mass is 10.2. The van der Waals surface area contributed by atoms with E-state index in [1.54, 1.807) is 4.68 Å². The molecule has 0 spiro atoms. The highest BCUT2D eigenvalue weighted by Gasteiger charge is 2.31. The van der Waals surface area contributed by atoms with Gasteiger partial charge >= 0.3 is 0 Å². The van der Waals surface area contributed by atoms with Gasteiger partial charge in [-0.25, -0.2) is 13.1 Å². The van der Waals surface area contributed by atoms with Gasteiger partial charge in [0.1, 0.15) is 0 Å². The first-order chi connectivity index (χ1) is 13.8. The van der Waals surface area contributed by atoms with Crippen LogP contribution in [0, 0.1) is 4.77 Å². The Bertz CT molecular complexity index is 1170. The van der Waals surface area contributed by atoms with Crippen molar-refractivity contribution in [1.82, 2.24) is 19.2 Å². The first-order valence-corrected chi connectivity index (χ1v) is 11.9. The van der Waals surface area contributed by atoms with E-state index >= 15 is 0 Å². The van der Waals surface area contributed by atoms with E-state index in [0.29, 0.717) is 28.7 Å². The molecule has 4 rings (SSSR count). The number of aromatic nitrogens is 3. The third kappa shape index (κ3) is 4.30. The van der Waals surface area contributed by atoms with Crippen molar-refractivity contribution < 1.29 is 8.42 Å². The Balaban J connectivity index is 1.74. The van der Waals surface area contributed by atoms with E-state index < -0.39 is 9.84 Å². The number of halogens is 1. The van der Waals surface area contributed by atoms with Crippen LogP contribution >= 0.6 is 23.8 Å². The molecule has 0 radical (unpaired) electrons. The summed E-state index contributed by atoms with van der Waals surface area (Å²) in [5.74, 6) is 1.13. The lowest BCUT2D eigenvalue weighted by molar-refractivity contribution is 0.196. The van der Waals surface area contributed by atoms with E-state index in [-0.39, 0.29) is 17.5 Å². The zero-order valence-corrected chi connectivity index (χ0v) is 18.3. The van der Waals surface area contributed by atoms with Gasteiger partial charge < -0.3 is 0 Å². The largest absolute Gasteiger partial charge is 0.283 e. The van der Waals surface area contributed by atoms with E-state index in [4.69, 9.17) is 28.9 Å². The van der Waals surface area contributed by atoms with Crippen LogP contribution in [0.1, 0.15) is 6.42 Å². The van der Waals surface area contributed by atoms with Gasteiger partial charge in [-0.3, -0.25) is 9.47 Å². The molecule has 29 heavy (non-hydrogen) atoms. The van der Waals surface area contributed by atoms with Gasteiger partial charge in [0, 0.05) is 22.3 Å². The Morgan fingerprint density at radius 2 is 1.86 bits per heavy atom. The standard InChI is InChI=1S/C20H21ClN4O2S2/c1-23(18-11-12-29(26,27)13-18)14-24-20(28)25(17-5-3-2-4-6-17)19(22-24)15-7-9-16(21)10-8-15/h2-10,18H,11-14H2,1H3/t18-/m0/s1. The summed E-state index contributed by atoms with van der Waals surface area (Å²) in [5, 5.41) is 5.43. The van der Waals surface area contributed by atoms with Crippen LogP contribution in [0.3, 0.4) is 0 Å². The number of rotatable bonds is 5. The summed E-state index contributed by atoms with van der Waals surface area (Å²) in [6.07, 6.45) is 0.635. The molecule has 1 aliphatic rings. The minimum Gasteiger partial charge on any atom is -0.283 e. The number of hydrogen-bond donors (Lipinski definition) is 0. The van der Waals surface area contributed by atoms with Crippen molar-refractivity contribution in [3.05, 3.63) is 64.4 Å². The lowest BCUT2D eigenvalue weighted by Gasteiger charge is -2.22. The number of para-hydroxylation sites is 1.